The van der Waals surface area contributed by atoms with Crippen molar-refractivity contribution < 1.29 is 19.3 Å². The zero-order chi connectivity index (χ0) is 21.1. The third-order valence-electron chi connectivity index (χ3n) is 4.75. The van der Waals surface area contributed by atoms with E-state index in [4.69, 9.17) is 0 Å². The number of amides is 3. The van der Waals surface area contributed by atoms with Crippen LogP contribution in [0, 0.1) is 16.0 Å². The first-order chi connectivity index (χ1) is 13.8. The summed E-state index contributed by atoms with van der Waals surface area (Å²) in [7, 11) is 0. The number of benzene rings is 2. The highest BCUT2D eigenvalue weighted by molar-refractivity contribution is 6.22. The molecule has 1 N–H and O–H groups in total. The van der Waals surface area contributed by atoms with Gasteiger partial charge in [-0.1, -0.05) is 38.1 Å². The van der Waals surface area contributed by atoms with Crippen LogP contribution in [0.3, 0.4) is 0 Å². The molecule has 3 rings (SSSR count). The molecule has 150 valence electrons. The maximum Gasteiger partial charge on any atom is 0.269 e. The van der Waals surface area contributed by atoms with Crippen LogP contribution in [0.15, 0.2) is 48.5 Å². The lowest BCUT2D eigenvalue weighted by molar-refractivity contribution is -0.384. The van der Waals surface area contributed by atoms with Gasteiger partial charge in [0.05, 0.1) is 16.1 Å². The number of nitrogens with one attached hydrogen (secondary N) is 1. The maximum atomic E-state index is 12.9. The van der Waals surface area contributed by atoms with E-state index >= 15 is 0 Å². The average molecular weight is 395 g/mol. The number of hydrogen-bond acceptors (Lipinski definition) is 5. The van der Waals surface area contributed by atoms with Crippen LogP contribution in [0.5, 0.6) is 0 Å². The molecule has 1 heterocycles. The third-order valence-corrected chi connectivity index (χ3v) is 4.75. The van der Waals surface area contributed by atoms with E-state index in [1.165, 1.54) is 12.1 Å². The topological polar surface area (TPSA) is 110 Å². The van der Waals surface area contributed by atoms with Gasteiger partial charge in [-0.2, -0.15) is 0 Å². The average Bonchev–Trinajstić information content (AvgIpc) is 2.95. The van der Waals surface area contributed by atoms with Crippen molar-refractivity contribution in [3.05, 3.63) is 75.3 Å². The smallest absolute Gasteiger partial charge is 0.269 e. The molecule has 2 aromatic carbocycles. The molecule has 1 aliphatic rings. The standard InChI is InChI=1S/C21H21N3O5/c1-13(2)11-18(23-20(26)16-5-3-4-6-17(16)21(23)27)19(25)22-12-14-7-9-15(10-8-14)24(28)29/h3-10,13,18H,11-12H2,1-2H3,(H,22,25). The van der Waals surface area contributed by atoms with Crippen molar-refractivity contribution in [2.24, 2.45) is 5.92 Å². The van der Waals surface area contributed by atoms with E-state index in [2.05, 4.69) is 5.32 Å². The molecule has 0 bridgehead atoms. The second-order valence-corrected chi connectivity index (χ2v) is 7.31. The summed E-state index contributed by atoms with van der Waals surface area (Å²) in [6.07, 6.45) is 0.331. The van der Waals surface area contributed by atoms with Crippen molar-refractivity contribution >= 4 is 23.4 Å². The van der Waals surface area contributed by atoms with Gasteiger partial charge in [-0.05, 0) is 30.0 Å². The number of rotatable bonds is 7. The van der Waals surface area contributed by atoms with Crippen molar-refractivity contribution in [2.75, 3.05) is 0 Å². The number of hydrogen-bond donors (Lipinski definition) is 1. The second-order valence-electron chi connectivity index (χ2n) is 7.31. The van der Waals surface area contributed by atoms with Crippen LogP contribution in [0.4, 0.5) is 5.69 Å². The zero-order valence-corrected chi connectivity index (χ0v) is 16.1. The summed E-state index contributed by atoms with van der Waals surface area (Å²) in [5, 5.41) is 13.5. The predicted octanol–water partition coefficient (Wildman–Crippen LogP) is 2.92. The molecule has 1 aliphatic heterocycles. The van der Waals surface area contributed by atoms with Gasteiger partial charge in [0.2, 0.25) is 5.91 Å². The molecule has 1 unspecified atom stereocenters. The van der Waals surface area contributed by atoms with E-state index in [1.54, 1.807) is 36.4 Å². The summed E-state index contributed by atoms with van der Waals surface area (Å²) < 4.78 is 0. The molecular weight excluding hydrogens is 374 g/mol. The van der Waals surface area contributed by atoms with Gasteiger partial charge >= 0.3 is 0 Å². The van der Waals surface area contributed by atoms with Crippen LogP contribution in [0.1, 0.15) is 46.5 Å². The summed E-state index contributed by atoms with van der Waals surface area (Å²) >= 11 is 0. The summed E-state index contributed by atoms with van der Waals surface area (Å²) in [5.74, 6) is -1.30. The monoisotopic (exact) mass is 395 g/mol. The van der Waals surface area contributed by atoms with Crippen LogP contribution in [0.2, 0.25) is 0 Å². The lowest BCUT2D eigenvalue weighted by Crippen LogP contribution is -2.50. The largest absolute Gasteiger partial charge is 0.350 e. The number of fused-ring (bicyclic) bond motifs is 1. The Bertz CT molecular complexity index is 934. The van der Waals surface area contributed by atoms with Gasteiger partial charge in [0.25, 0.3) is 17.5 Å². The third kappa shape index (κ3) is 4.16. The molecule has 1 atom stereocenters. The fraction of sp³-hybridized carbons (Fsp3) is 0.286. The molecule has 0 fully saturated rings. The van der Waals surface area contributed by atoms with Crippen LogP contribution in [-0.4, -0.2) is 33.6 Å². The van der Waals surface area contributed by atoms with Crippen LogP contribution >= 0.6 is 0 Å². The molecule has 8 nitrogen and oxygen atoms in total. The first-order valence-electron chi connectivity index (χ1n) is 9.27. The lowest BCUT2D eigenvalue weighted by Gasteiger charge is -2.26. The Morgan fingerprint density at radius 2 is 1.59 bits per heavy atom. The summed E-state index contributed by atoms with van der Waals surface area (Å²) in [6, 6.07) is 11.4. The maximum absolute atomic E-state index is 12.9. The molecule has 29 heavy (non-hydrogen) atoms. The minimum Gasteiger partial charge on any atom is -0.350 e. The summed E-state index contributed by atoms with van der Waals surface area (Å²) in [4.78, 5) is 49.7. The van der Waals surface area contributed by atoms with E-state index < -0.39 is 28.7 Å². The van der Waals surface area contributed by atoms with Gasteiger partial charge < -0.3 is 5.32 Å². The Kier molecular flexibility index (Phi) is 5.72. The van der Waals surface area contributed by atoms with Gasteiger partial charge in [-0.25, -0.2) is 0 Å². The summed E-state index contributed by atoms with van der Waals surface area (Å²) in [5.41, 5.74) is 1.24. The van der Waals surface area contributed by atoms with E-state index in [-0.39, 0.29) is 18.2 Å². The highest BCUT2D eigenvalue weighted by Gasteiger charge is 2.42. The number of carbonyl (C=O) groups is 3. The molecule has 0 aromatic heterocycles. The Hall–Kier alpha value is -3.55. The Morgan fingerprint density at radius 1 is 1.03 bits per heavy atom. The van der Waals surface area contributed by atoms with Crippen LogP contribution < -0.4 is 5.32 Å². The molecule has 0 radical (unpaired) electrons. The quantitative estimate of drug-likeness (QED) is 0.440. The minimum absolute atomic E-state index is 0.0382. The molecule has 0 spiro atoms. The van der Waals surface area contributed by atoms with E-state index in [0.717, 1.165) is 4.90 Å². The fourth-order valence-electron chi connectivity index (χ4n) is 3.31. The predicted molar refractivity (Wildman–Crippen MR) is 105 cm³/mol. The van der Waals surface area contributed by atoms with Crippen LogP contribution in [-0.2, 0) is 11.3 Å². The normalized spacial score (nSPS) is 14.1. The number of non-ortho nitro benzene ring substituents is 1. The molecule has 0 aliphatic carbocycles. The van der Waals surface area contributed by atoms with Gasteiger partial charge in [-0.15, -0.1) is 0 Å². The first kappa shape index (κ1) is 20.2. The minimum atomic E-state index is -0.930. The molecular formula is C21H21N3O5. The Morgan fingerprint density at radius 3 is 2.07 bits per heavy atom. The highest BCUT2D eigenvalue weighted by atomic mass is 16.6. The number of nitro groups is 1. The van der Waals surface area contributed by atoms with Gasteiger partial charge in [0.15, 0.2) is 0 Å². The van der Waals surface area contributed by atoms with Crippen molar-refractivity contribution in [1.29, 1.82) is 0 Å². The first-order valence-corrected chi connectivity index (χ1v) is 9.27. The van der Waals surface area contributed by atoms with Crippen molar-refractivity contribution in [1.82, 2.24) is 10.2 Å². The van der Waals surface area contributed by atoms with E-state index in [0.29, 0.717) is 23.1 Å². The molecule has 0 saturated heterocycles. The van der Waals surface area contributed by atoms with E-state index in [9.17, 15) is 24.5 Å². The highest BCUT2D eigenvalue weighted by Crippen LogP contribution is 2.27. The van der Waals surface area contributed by atoms with E-state index in [1.807, 2.05) is 13.8 Å². The van der Waals surface area contributed by atoms with Crippen molar-refractivity contribution in [3.8, 4) is 0 Å². The molecule has 8 heteroatoms. The summed E-state index contributed by atoms with van der Waals surface area (Å²) in [6.45, 7) is 3.96. The SMILES string of the molecule is CC(C)CC(C(=O)NCc1ccc([N+](=O)[O-])cc1)N1C(=O)c2ccccc2C1=O. The van der Waals surface area contributed by atoms with Crippen LogP contribution in [0.25, 0.3) is 0 Å². The molecule has 2 aromatic rings. The Balaban J connectivity index is 1.77. The number of nitrogens with zero attached hydrogens (tertiary/aromatic N) is 2. The van der Waals surface area contributed by atoms with Crippen molar-refractivity contribution in [3.63, 3.8) is 0 Å². The second kappa shape index (κ2) is 8.22. The Labute approximate surface area is 167 Å². The number of carbonyl (C=O) groups excluding carboxylic acids is 3. The number of nitro benzene ring substituents is 1. The van der Waals surface area contributed by atoms with Gasteiger partial charge in [0.1, 0.15) is 6.04 Å². The zero-order valence-electron chi connectivity index (χ0n) is 16.1. The van der Waals surface area contributed by atoms with Gasteiger partial charge in [0, 0.05) is 18.7 Å². The molecule has 0 saturated carbocycles. The number of imide groups is 1. The molecule has 3 amide bonds. The van der Waals surface area contributed by atoms with Gasteiger partial charge in [-0.3, -0.25) is 29.4 Å². The van der Waals surface area contributed by atoms with Crippen molar-refractivity contribution in [2.45, 2.75) is 32.9 Å². The lowest BCUT2D eigenvalue weighted by atomic mass is 10.0. The fourth-order valence-corrected chi connectivity index (χ4v) is 3.31.